The molecule has 6 nitrogen and oxygen atoms in total. The number of benzene rings is 1. The molecular weight excluding hydrogens is 292 g/mol. The third-order valence-electron chi connectivity index (χ3n) is 3.73. The zero-order valence-corrected chi connectivity index (χ0v) is 12.8. The molecule has 0 aliphatic heterocycles. The van der Waals surface area contributed by atoms with E-state index in [0.29, 0.717) is 11.4 Å². The molecule has 1 saturated carbocycles. The third kappa shape index (κ3) is 3.95. The minimum Gasteiger partial charge on any atom is -0.495 e. The Bertz CT molecular complexity index is 622. The van der Waals surface area contributed by atoms with E-state index in [-0.39, 0.29) is 16.7 Å². The molecule has 21 heavy (non-hydrogen) atoms. The number of anilines is 1. The van der Waals surface area contributed by atoms with Crippen molar-refractivity contribution < 1.29 is 17.9 Å². The van der Waals surface area contributed by atoms with E-state index in [1.54, 1.807) is 0 Å². The van der Waals surface area contributed by atoms with Gasteiger partial charge in [0.15, 0.2) is 0 Å². The van der Waals surface area contributed by atoms with E-state index in [9.17, 15) is 13.2 Å². The van der Waals surface area contributed by atoms with Gasteiger partial charge in [-0.15, -0.1) is 0 Å². The predicted octanol–water partition coefficient (Wildman–Crippen LogP) is 1.86. The molecule has 116 valence electrons. The summed E-state index contributed by atoms with van der Waals surface area (Å²) in [5, 5.41) is 7.87. The highest BCUT2D eigenvalue weighted by Crippen LogP contribution is 2.30. The number of nitrogens with two attached hydrogens (primary N) is 1. The molecule has 0 aromatic heterocycles. The molecule has 0 spiro atoms. The van der Waals surface area contributed by atoms with Gasteiger partial charge in [-0.1, -0.05) is 19.3 Å². The lowest BCUT2D eigenvalue weighted by Gasteiger charge is -2.21. The molecule has 3 N–H and O–H groups in total. The standard InChI is InChI=1S/C14H20N2O4S/c1-20-13-8-7-11(21(15,18)19)9-12(13)16-14(17)10-5-3-2-4-6-10/h7-10H,2-6H2,1H3,(H,16,17)(H2,15,18,19). The van der Waals surface area contributed by atoms with E-state index in [1.807, 2.05) is 0 Å². The first-order valence-corrected chi connectivity index (χ1v) is 8.48. The summed E-state index contributed by atoms with van der Waals surface area (Å²) >= 11 is 0. The highest BCUT2D eigenvalue weighted by atomic mass is 32.2. The number of methoxy groups -OCH3 is 1. The van der Waals surface area contributed by atoms with E-state index in [0.717, 1.165) is 32.1 Å². The van der Waals surface area contributed by atoms with Crippen molar-refractivity contribution >= 4 is 21.6 Å². The number of carbonyl (C=O) groups excluding carboxylic acids is 1. The summed E-state index contributed by atoms with van der Waals surface area (Å²) in [7, 11) is -2.36. The van der Waals surface area contributed by atoms with Crippen molar-refractivity contribution in [3.63, 3.8) is 0 Å². The van der Waals surface area contributed by atoms with Gasteiger partial charge in [0, 0.05) is 5.92 Å². The lowest BCUT2D eigenvalue weighted by molar-refractivity contribution is -0.120. The number of carbonyl (C=O) groups is 1. The first kappa shape index (κ1) is 15.8. The number of amides is 1. The molecule has 0 unspecified atom stereocenters. The second-order valence-electron chi connectivity index (χ2n) is 5.23. The molecule has 7 heteroatoms. The molecule has 1 fully saturated rings. The Hall–Kier alpha value is -1.60. The molecule has 2 rings (SSSR count). The highest BCUT2D eigenvalue weighted by Gasteiger charge is 2.22. The summed E-state index contributed by atoms with van der Waals surface area (Å²) in [4.78, 5) is 12.2. The van der Waals surface area contributed by atoms with Gasteiger partial charge in [-0.25, -0.2) is 13.6 Å². The molecule has 1 aromatic rings. The van der Waals surface area contributed by atoms with E-state index in [4.69, 9.17) is 9.88 Å². The maximum Gasteiger partial charge on any atom is 0.238 e. The van der Waals surface area contributed by atoms with Gasteiger partial charge < -0.3 is 10.1 Å². The monoisotopic (exact) mass is 312 g/mol. The van der Waals surface area contributed by atoms with Crippen LogP contribution < -0.4 is 15.2 Å². The molecule has 0 radical (unpaired) electrons. The number of ether oxygens (including phenoxy) is 1. The van der Waals surface area contributed by atoms with Crippen LogP contribution >= 0.6 is 0 Å². The van der Waals surface area contributed by atoms with Crippen molar-refractivity contribution in [3.05, 3.63) is 18.2 Å². The second-order valence-corrected chi connectivity index (χ2v) is 6.79. The van der Waals surface area contributed by atoms with Gasteiger partial charge in [0.2, 0.25) is 15.9 Å². The zero-order chi connectivity index (χ0) is 15.5. The summed E-state index contributed by atoms with van der Waals surface area (Å²) < 4.78 is 27.9. The van der Waals surface area contributed by atoms with Crippen LogP contribution in [0.3, 0.4) is 0 Å². The van der Waals surface area contributed by atoms with E-state index in [1.165, 1.54) is 25.3 Å². The number of primary sulfonamides is 1. The Morgan fingerprint density at radius 1 is 1.29 bits per heavy atom. The molecular formula is C14H20N2O4S. The maximum absolute atomic E-state index is 12.2. The predicted molar refractivity (Wildman–Crippen MR) is 79.6 cm³/mol. The van der Waals surface area contributed by atoms with Crippen LogP contribution in [0.5, 0.6) is 5.75 Å². The summed E-state index contributed by atoms with van der Waals surface area (Å²) in [6.07, 6.45) is 4.99. The number of hydrogen-bond acceptors (Lipinski definition) is 4. The number of sulfonamides is 1. The van der Waals surface area contributed by atoms with E-state index < -0.39 is 10.0 Å². The van der Waals surface area contributed by atoms with Crippen LogP contribution in [-0.4, -0.2) is 21.4 Å². The Labute approximate surface area is 124 Å². The molecule has 0 bridgehead atoms. The Balaban J connectivity index is 2.22. The highest BCUT2D eigenvalue weighted by molar-refractivity contribution is 7.89. The molecule has 1 aromatic carbocycles. The van der Waals surface area contributed by atoms with Crippen LogP contribution in [0.25, 0.3) is 0 Å². The van der Waals surface area contributed by atoms with Crippen molar-refractivity contribution in [2.75, 3.05) is 12.4 Å². The minimum atomic E-state index is -3.82. The SMILES string of the molecule is COc1ccc(S(N)(=O)=O)cc1NC(=O)C1CCCCC1. The average Bonchev–Trinajstić information content (AvgIpc) is 2.47. The fraction of sp³-hybridized carbons (Fsp3) is 0.500. The molecule has 1 aliphatic rings. The lowest BCUT2D eigenvalue weighted by Crippen LogP contribution is -2.25. The normalized spacial score (nSPS) is 16.5. The largest absolute Gasteiger partial charge is 0.495 e. The maximum atomic E-state index is 12.2. The fourth-order valence-corrected chi connectivity index (χ4v) is 3.10. The average molecular weight is 312 g/mol. The lowest BCUT2D eigenvalue weighted by atomic mass is 9.88. The van der Waals surface area contributed by atoms with Crippen LogP contribution in [0, 0.1) is 5.92 Å². The van der Waals surface area contributed by atoms with E-state index in [2.05, 4.69) is 5.32 Å². The van der Waals surface area contributed by atoms with Gasteiger partial charge in [0.1, 0.15) is 5.75 Å². The Morgan fingerprint density at radius 3 is 2.52 bits per heavy atom. The Morgan fingerprint density at radius 2 is 1.95 bits per heavy atom. The Kier molecular flexibility index (Phi) is 4.84. The minimum absolute atomic E-state index is 0.0263. The van der Waals surface area contributed by atoms with Crippen molar-refractivity contribution in [2.45, 2.75) is 37.0 Å². The summed E-state index contributed by atoms with van der Waals surface area (Å²) in [6.45, 7) is 0. The van der Waals surface area contributed by atoms with Crippen molar-refractivity contribution in [1.29, 1.82) is 0 Å². The smallest absolute Gasteiger partial charge is 0.238 e. The molecule has 1 amide bonds. The number of nitrogens with one attached hydrogen (secondary N) is 1. The first-order chi connectivity index (χ1) is 9.91. The fourth-order valence-electron chi connectivity index (χ4n) is 2.56. The summed E-state index contributed by atoms with van der Waals surface area (Å²) in [5.41, 5.74) is 0.333. The van der Waals surface area contributed by atoms with Crippen LogP contribution in [0.4, 0.5) is 5.69 Å². The number of rotatable bonds is 4. The second kappa shape index (κ2) is 6.44. The van der Waals surface area contributed by atoms with Gasteiger partial charge in [-0.2, -0.15) is 0 Å². The van der Waals surface area contributed by atoms with Crippen LogP contribution in [-0.2, 0) is 14.8 Å². The summed E-state index contributed by atoms with van der Waals surface area (Å²) in [6, 6.07) is 4.16. The molecule has 0 atom stereocenters. The summed E-state index contributed by atoms with van der Waals surface area (Å²) in [5.74, 6) is 0.285. The van der Waals surface area contributed by atoms with Crippen LogP contribution in [0.1, 0.15) is 32.1 Å². The molecule has 0 heterocycles. The van der Waals surface area contributed by atoms with Gasteiger partial charge in [0.05, 0.1) is 17.7 Å². The third-order valence-corrected chi connectivity index (χ3v) is 4.64. The molecule has 0 saturated heterocycles. The van der Waals surface area contributed by atoms with E-state index >= 15 is 0 Å². The first-order valence-electron chi connectivity index (χ1n) is 6.93. The number of hydrogen-bond donors (Lipinski definition) is 2. The molecule has 1 aliphatic carbocycles. The van der Waals surface area contributed by atoms with Crippen LogP contribution in [0.2, 0.25) is 0 Å². The van der Waals surface area contributed by atoms with Gasteiger partial charge in [0.25, 0.3) is 0 Å². The van der Waals surface area contributed by atoms with Crippen molar-refractivity contribution in [1.82, 2.24) is 0 Å². The van der Waals surface area contributed by atoms with Gasteiger partial charge >= 0.3 is 0 Å². The van der Waals surface area contributed by atoms with Crippen molar-refractivity contribution in [3.8, 4) is 5.75 Å². The van der Waals surface area contributed by atoms with Crippen LogP contribution in [0.15, 0.2) is 23.1 Å². The topological polar surface area (TPSA) is 98.5 Å². The van der Waals surface area contributed by atoms with Gasteiger partial charge in [-0.3, -0.25) is 4.79 Å². The quantitative estimate of drug-likeness (QED) is 0.886. The van der Waals surface area contributed by atoms with Crippen molar-refractivity contribution in [2.24, 2.45) is 11.1 Å². The van der Waals surface area contributed by atoms with Gasteiger partial charge in [-0.05, 0) is 31.0 Å². The zero-order valence-electron chi connectivity index (χ0n) is 12.0.